The summed E-state index contributed by atoms with van der Waals surface area (Å²) in [5.74, 6) is 1.17. The molecule has 2 amide bonds. The summed E-state index contributed by atoms with van der Waals surface area (Å²) in [6.45, 7) is 4.99. The Morgan fingerprint density at radius 3 is 2.86 bits per heavy atom. The Balaban J connectivity index is 1.74. The number of aromatic nitrogens is 2. The fraction of sp³-hybridized carbons (Fsp3) is 0.261. The molecule has 0 spiro atoms. The molecule has 3 heterocycles. The predicted molar refractivity (Wildman–Crippen MR) is 117 cm³/mol. The number of hydrogen-bond acceptors (Lipinski definition) is 4. The van der Waals surface area contributed by atoms with E-state index in [-0.39, 0.29) is 12.1 Å². The van der Waals surface area contributed by atoms with Gasteiger partial charge in [-0.15, -0.1) is 0 Å². The molecule has 1 aliphatic heterocycles. The number of amides is 2. The summed E-state index contributed by atoms with van der Waals surface area (Å²) in [4.78, 5) is 24.1. The van der Waals surface area contributed by atoms with Gasteiger partial charge in [-0.3, -0.25) is 10.2 Å². The highest BCUT2D eigenvalue weighted by Crippen LogP contribution is 2.32. The first kappa shape index (κ1) is 18.9. The van der Waals surface area contributed by atoms with Crippen molar-refractivity contribution in [3.63, 3.8) is 0 Å². The summed E-state index contributed by atoms with van der Waals surface area (Å²) in [6.07, 6.45) is 3.53. The number of rotatable bonds is 2. The van der Waals surface area contributed by atoms with Crippen LogP contribution >= 0.6 is 0 Å². The van der Waals surface area contributed by atoms with Crippen molar-refractivity contribution in [3.05, 3.63) is 66.4 Å². The summed E-state index contributed by atoms with van der Waals surface area (Å²) in [7, 11) is 0. The van der Waals surface area contributed by atoms with Crippen LogP contribution in [0.2, 0.25) is 0 Å². The summed E-state index contributed by atoms with van der Waals surface area (Å²) < 4.78 is 0. The highest BCUT2D eigenvalue weighted by Gasteiger charge is 2.28. The largest absolute Gasteiger partial charge is 0.382 e. The van der Waals surface area contributed by atoms with Crippen LogP contribution in [0.25, 0.3) is 11.3 Å². The van der Waals surface area contributed by atoms with Gasteiger partial charge in [0.15, 0.2) is 5.82 Å². The Labute approximate surface area is 171 Å². The van der Waals surface area contributed by atoms with Gasteiger partial charge >= 0.3 is 6.03 Å². The van der Waals surface area contributed by atoms with Crippen molar-refractivity contribution >= 4 is 23.4 Å². The van der Waals surface area contributed by atoms with E-state index in [1.807, 2.05) is 36.4 Å². The monoisotopic (exact) mass is 387 g/mol. The van der Waals surface area contributed by atoms with E-state index in [1.54, 1.807) is 17.2 Å². The molecule has 0 saturated heterocycles. The van der Waals surface area contributed by atoms with Crippen LogP contribution in [-0.4, -0.2) is 28.6 Å². The lowest BCUT2D eigenvalue weighted by Crippen LogP contribution is -2.43. The number of nitrogens with one attached hydrogen (secondary N) is 2. The third-order valence-corrected chi connectivity index (χ3v) is 5.09. The average Bonchev–Trinajstić information content (AvgIpc) is 2.71. The number of carbonyl (C=O) groups is 1. The average molecular weight is 387 g/mol. The van der Waals surface area contributed by atoms with Crippen LogP contribution in [0, 0.1) is 6.92 Å². The molecule has 6 nitrogen and oxygen atoms in total. The van der Waals surface area contributed by atoms with Crippen LogP contribution in [0.4, 0.5) is 22.1 Å². The molecule has 4 rings (SSSR count). The standard InChI is InChI=1S/C23H25N5O/c1-16-7-5-9-18(15-16)19-11-12-20-22(26-19)28(17(2)8-6-14-24-20)23(29)27-21-10-3-4-13-25-21/h3-5,7,9-13,15,17,24H,6,8,14H2,1-2H3,(H,25,27,29)/t17-/m1/s1. The Morgan fingerprint density at radius 1 is 1.17 bits per heavy atom. The molecule has 0 saturated carbocycles. The van der Waals surface area contributed by atoms with Crippen LogP contribution in [0.15, 0.2) is 60.8 Å². The second-order valence-electron chi connectivity index (χ2n) is 7.37. The first-order chi connectivity index (χ1) is 14.1. The molecule has 1 aliphatic rings. The van der Waals surface area contributed by atoms with Crippen molar-refractivity contribution in [3.8, 4) is 11.3 Å². The van der Waals surface area contributed by atoms with E-state index in [2.05, 4.69) is 41.6 Å². The lowest BCUT2D eigenvalue weighted by Gasteiger charge is -2.32. The molecule has 6 heteroatoms. The van der Waals surface area contributed by atoms with Gasteiger partial charge in [-0.05, 0) is 57.0 Å². The smallest absolute Gasteiger partial charge is 0.328 e. The second-order valence-corrected chi connectivity index (χ2v) is 7.37. The predicted octanol–water partition coefficient (Wildman–Crippen LogP) is 5.08. The topological polar surface area (TPSA) is 70.2 Å². The number of hydrogen-bond donors (Lipinski definition) is 2. The SMILES string of the molecule is Cc1cccc(-c2ccc3c(n2)N(C(=O)Nc2ccccn2)[C@H](C)CCCN3)c1. The van der Waals surface area contributed by atoms with E-state index in [9.17, 15) is 4.79 Å². The maximum atomic E-state index is 13.2. The van der Waals surface area contributed by atoms with Crippen LogP contribution in [0.1, 0.15) is 25.3 Å². The zero-order chi connectivity index (χ0) is 20.2. The molecule has 0 fully saturated rings. The van der Waals surface area contributed by atoms with Crippen LogP contribution in [0.3, 0.4) is 0 Å². The van der Waals surface area contributed by atoms with E-state index >= 15 is 0 Å². The number of benzene rings is 1. The van der Waals surface area contributed by atoms with Gasteiger partial charge in [-0.2, -0.15) is 0 Å². The van der Waals surface area contributed by atoms with Crippen molar-refractivity contribution in [2.75, 3.05) is 22.1 Å². The summed E-state index contributed by atoms with van der Waals surface area (Å²) in [5.41, 5.74) is 3.92. The number of carbonyl (C=O) groups excluding carboxylic acids is 1. The molecule has 29 heavy (non-hydrogen) atoms. The molecule has 3 aromatic rings. The highest BCUT2D eigenvalue weighted by atomic mass is 16.2. The minimum Gasteiger partial charge on any atom is -0.382 e. The fourth-order valence-electron chi connectivity index (χ4n) is 3.60. The van der Waals surface area contributed by atoms with Gasteiger partial charge in [0.1, 0.15) is 5.82 Å². The molecule has 0 aliphatic carbocycles. The molecular formula is C23H25N5O. The second kappa shape index (κ2) is 8.31. The molecular weight excluding hydrogens is 362 g/mol. The van der Waals surface area contributed by atoms with Crippen LogP contribution in [-0.2, 0) is 0 Å². The van der Waals surface area contributed by atoms with Gasteiger partial charge in [0.25, 0.3) is 0 Å². The molecule has 0 unspecified atom stereocenters. The Bertz CT molecular complexity index is 1010. The fourth-order valence-corrected chi connectivity index (χ4v) is 3.60. The number of fused-ring (bicyclic) bond motifs is 1. The third kappa shape index (κ3) is 4.21. The molecule has 2 N–H and O–H groups in total. The van der Waals surface area contributed by atoms with Crippen molar-refractivity contribution in [1.29, 1.82) is 0 Å². The van der Waals surface area contributed by atoms with Gasteiger partial charge in [-0.25, -0.2) is 14.8 Å². The van der Waals surface area contributed by atoms with E-state index in [1.165, 1.54) is 5.56 Å². The maximum absolute atomic E-state index is 13.2. The van der Waals surface area contributed by atoms with E-state index in [0.717, 1.165) is 36.3 Å². The van der Waals surface area contributed by atoms with Gasteiger partial charge in [0.05, 0.1) is 11.4 Å². The first-order valence-corrected chi connectivity index (χ1v) is 9.95. The van der Waals surface area contributed by atoms with Crippen LogP contribution < -0.4 is 15.5 Å². The molecule has 1 aromatic carbocycles. The summed E-state index contributed by atoms with van der Waals surface area (Å²) >= 11 is 0. The van der Waals surface area contributed by atoms with Crippen LogP contribution in [0.5, 0.6) is 0 Å². The van der Waals surface area contributed by atoms with E-state index in [4.69, 9.17) is 4.98 Å². The van der Waals surface area contributed by atoms with Gasteiger partial charge in [0, 0.05) is 24.3 Å². The van der Waals surface area contributed by atoms with Crippen molar-refractivity contribution in [1.82, 2.24) is 9.97 Å². The Morgan fingerprint density at radius 2 is 2.07 bits per heavy atom. The molecule has 0 radical (unpaired) electrons. The number of urea groups is 1. The quantitative estimate of drug-likeness (QED) is 0.643. The normalized spacial score (nSPS) is 16.2. The molecule has 0 bridgehead atoms. The molecule has 1 atom stereocenters. The van der Waals surface area contributed by atoms with E-state index < -0.39 is 0 Å². The van der Waals surface area contributed by atoms with Gasteiger partial charge < -0.3 is 5.32 Å². The summed E-state index contributed by atoms with van der Waals surface area (Å²) in [6, 6.07) is 17.5. The van der Waals surface area contributed by atoms with Crippen molar-refractivity contribution in [2.24, 2.45) is 0 Å². The third-order valence-electron chi connectivity index (χ3n) is 5.09. The highest BCUT2D eigenvalue weighted by molar-refractivity contribution is 6.03. The summed E-state index contributed by atoms with van der Waals surface area (Å²) in [5, 5.41) is 6.33. The lowest BCUT2D eigenvalue weighted by atomic mass is 10.1. The van der Waals surface area contributed by atoms with Gasteiger partial charge in [-0.1, -0.05) is 29.8 Å². The van der Waals surface area contributed by atoms with E-state index in [0.29, 0.717) is 11.6 Å². The Kier molecular flexibility index (Phi) is 5.42. The first-order valence-electron chi connectivity index (χ1n) is 9.95. The minimum absolute atomic E-state index is 0.0137. The van der Waals surface area contributed by atoms with Crippen molar-refractivity contribution in [2.45, 2.75) is 32.7 Å². The number of anilines is 3. The zero-order valence-corrected chi connectivity index (χ0v) is 16.7. The zero-order valence-electron chi connectivity index (χ0n) is 16.7. The Hall–Kier alpha value is -3.41. The maximum Gasteiger partial charge on any atom is 0.328 e. The number of nitrogens with zero attached hydrogens (tertiary/aromatic N) is 3. The lowest BCUT2D eigenvalue weighted by molar-refractivity contribution is 0.254. The molecule has 148 valence electrons. The minimum atomic E-state index is -0.227. The molecule has 2 aromatic heterocycles. The number of aryl methyl sites for hydroxylation is 1. The van der Waals surface area contributed by atoms with Gasteiger partial charge in [0.2, 0.25) is 0 Å². The number of pyridine rings is 2. The van der Waals surface area contributed by atoms with Crippen molar-refractivity contribution < 1.29 is 4.79 Å².